The van der Waals surface area contributed by atoms with Crippen molar-refractivity contribution in [2.24, 2.45) is 5.92 Å². The first-order valence-corrected chi connectivity index (χ1v) is 16.6. The number of hydrogen-bond donors (Lipinski definition) is 3. The summed E-state index contributed by atoms with van der Waals surface area (Å²) in [6.45, 7) is 4.09. The number of piperidine rings is 1. The van der Waals surface area contributed by atoms with E-state index in [1.165, 1.54) is 29.0 Å². The molecular weight excluding hydrogens is 631 g/mol. The first-order chi connectivity index (χ1) is 22.5. The second kappa shape index (κ2) is 14.0. The summed E-state index contributed by atoms with van der Waals surface area (Å²) < 4.78 is 40.9. The van der Waals surface area contributed by atoms with Crippen LogP contribution in [0.15, 0.2) is 54.1 Å². The fourth-order valence-corrected chi connectivity index (χ4v) is 7.38. The number of nitrogens with zero attached hydrogens (tertiary/aromatic N) is 2. The number of pyridine rings is 1. The molecule has 1 fully saturated rings. The number of anilines is 2. The zero-order chi connectivity index (χ0) is 33.1. The number of ether oxygens (including phenoxy) is 1. The monoisotopic (exact) mass is 669 g/mol. The standard InChI is InChI=1S/C35H39ClF3N5O3/c1-21-16-22-18-23(17-21)32-30(19-22)43-29-20-24(36)5-10-28(29)33(32)40-13-3-2-4-31(45)44-14-11-26(12-15-44)42-34(46)41-25-6-8-27(9-7-25)47-35(37,38)39/h5-10,16,20,22-23,26H,2-4,11-15,17-19H2,1H3,(H,40,43)(H2,41,42,46)/t22-,23+/m1/s1. The van der Waals surface area contributed by atoms with Gasteiger partial charge in [-0.25, -0.2) is 4.79 Å². The molecule has 2 atom stereocenters. The van der Waals surface area contributed by atoms with Crippen molar-refractivity contribution in [2.45, 2.75) is 76.6 Å². The number of hydrogen-bond acceptors (Lipinski definition) is 5. The van der Waals surface area contributed by atoms with Crippen LogP contribution in [0.3, 0.4) is 0 Å². The van der Waals surface area contributed by atoms with Gasteiger partial charge in [0.15, 0.2) is 0 Å². The first kappa shape index (κ1) is 32.9. The van der Waals surface area contributed by atoms with E-state index in [0.29, 0.717) is 54.9 Å². The number of urea groups is 1. The van der Waals surface area contributed by atoms with Gasteiger partial charge < -0.3 is 25.6 Å². The van der Waals surface area contributed by atoms with Crippen LogP contribution in [0.5, 0.6) is 5.75 Å². The summed E-state index contributed by atoms with van der Waals surface area (Å²) >= 11 is 6.33. The Morgan fingerprint density at radius 2 is 1.83 bits per heavy atom. The molecule has 1 aromatic heterocycles. The number of carbonyl (C=O) groups excluding carboxylic acids is 2. The van der Waals surface area contributed by atoms with Gasteiger partial charge in [-0.2, -0.15) is 0 Å². The Morgan fingerprint density at radius 3 is 2.57 bits per heavy atom. The lowest BCUT2D eigenvalue weighted by molar-refractivity contribution is -0.274. The molecule has 0 saturated carbocycles. The normalized spacial score (nSPS) is 19.5. The van der Waals surface area contributed by atoms with Crippen LogP contribution in [0.4, 0.5) is 29.3 Å². The lowest BCUT2D eigenvalue weighted by atomic mass is 9.71. The van der Waals surface area contributed by atoms with Gasteiger partial charge in [0.05, 0.1) is 5.52 Å². The summed E-state index contributed by atoms with van der Waals surface area (Å²) in [5, 5.41) is 11.0. The van der Waals surface area contributed by atoms with E-state index in [-0.39, 0.29) is 17.7 Å². The highest BCUT2D eigenvalue weighted by Gasteiger charge is 2.34. The van der Waals surface area contributed by atoms with Crippen LogP contribution in [0.2, 0.25) is 5.02 Å². The van der Waals surface area contributed by atoms with Crippen molar-refractivity contribution < 1.29 is 27.5 Å². The fraction of sp³-hybridized carbons (Fsp3) is 0.457. The molecule has 2 aromatic carbocycles. The van der Waals surface area contributed by atoms with Crippen LogP contribution in [-0.4, -0.2) is 53.9 Å². The van der Waals surface area contributed by atoms with Crippen molar-refractivity contribution in [3.63, 3.8) is 0 Å². The number of alkyl halides is 3. The average molecular weight is 670 g/mol. The first-order valence-electron chi connectivity index (χ1n) is 16.2. The zero-order valence-corrected chi connectivity index (χ0v) is 27.0. The highest BCUT2D eigenvalue weighted by molar-refractivity contribution is 6.31. The third-order valence-electron chi connectivity index (χ3n) is 9.25. The number of fused-ring (bicyclic) bond motifs is 5. The third kappa shape index (κ3) is 8.30. The molecule has 3 amide bonds. The van der Waals surface area contributed by atoms with Gasteiger partial charge >= 0.3 is 12.4 Å². The molecule has 0 unspecified atom stereocenters. The van der Waals surface area contributed by atoms with Crippen LogP contribution in [0.1, 0.15) is 69.0 Å². The van der Waals surface area contributed by atoms with Crippen molar-refractivity contribution in [3.05, 3.63) is 70.4 Å². The number of carbonyl (C=O) groups is 2. The number of nitrogens with one attached hydrogen (secondary N) is 3. The molecule has 12 heteroatoms. The van der Waals surface area contributed by atoms with Crippen LogP contribution in [-0.2, 0) is 11.2 Å². The SMILES string of the molecule is CC1=C[C@H]2Cc3nc4cc(Cl)ccc4c(NCCCCC(=O)N4CCC(NC(=O)Nc5ccc(OC(F)(F)F)cc5)CC4)c3[C@@H](C1)C2. The Morgan fingerprint density at radius 1 is 1.06 bits per heavy atom. The highest BCUT2D eigenvalue weighted by Crippen LogP contribution is 2.47. The van der Waals surface area contributed by atoms with E-state index in [2.05, 4.69) is 39.8 Å². The summed E-state index contributed by atoms with van der Waals surface area (Å²) in [7, 11) is 0. The molecular formula is C35H39ClF3N5O3. The fourth-order valence-electron chi connectivity index (χ4n) is 7.21. The van der Waals surface area contributed by atoms with E-state index < -0.39 is 12.4 Å². The largest absolute Gasteiger partial charge is 0.573 e. The Kier molecular flexibility index (Phi) is 9.82. The Balaban J connectivity index is 0.946. The minimum Gasteiger partial charge on any atom is -0.406 e. The number of aromatic nitrogens is 1. The summed E-state index contributed by atoms with van der Waals surface area (Å²) in [6, 6.07) is 10.3. The van der Waals surface area contributed by atoms with Gasteiger partial charge in [0.25, 0.3) is 0 Å². The van der Waals surface area contributed by atoms with E-state index in [0.717, 1.165) is 67.4 Å². The van der Waals surface area contributed by atoms with Crippen LogP contribution >= 0.6 is 11.6 Å². The molecule has 250 valence electrons. The topological polar surface area (TPSA) is 95.6 Å². The molecule has 1 aliphatic heterocycles. The molecule has 0 radical (unpaired) electrons. The van der Waals surface area contributed by atoms with Crippen molar-refractivity contribution in [1.82, 2.24) is 15.2 Å². The number of allylic oxidation sites excluding steroid dienone is 2. The van der Waals surface area contributed by atoms with E-state index in [4.69, 9.17) is 16.6 Å². The number of amides is 3. The lowest BCUT2D eigenvalue weighted by Gasteiger charge is -2.36. The predicted molar refractivity (Wildman–Crippen MR) is 177 cm³/mol. The molecule has 1 saturated heterocycles. The Labute approximate surface area is 277 Å². The number of likely N-dealkylation sites (tertiary alicyclic amines) is 1. The predicted octanol–water partition coefficient (Wildman–Crippen LogP) is 8.18. The lowest BCUT2D eigenvalue weighted by Crippen LogP contribution is -2.47. The molecule has 8 nitrogen and oxygen atoms in total. The summed E-state index contributed by atoms with van der Waals surface area (Å²) in [6.07, 6.45) is 4.13. The summed E-state index contributed by atoms with van der Waals surface area (Å²) in [5.74, 6) is 0.755. The van der Waals surface area contributed by atoms with Gasteiger partial charge in [0, 0.05) is 65.1 Å². The number of unbranched alkanes of at least 4 members (excludes halogenated alkanes) is 1. The Bertz CT molecular complexity index is 1650. The van der Waals surface area contributed by atoms with Crippen molar-refractivity contribution in [1.29, 1.82) is 0 Å². The molecule has 3 aromatic rings. The van der Waals surface area contributed by atoms with Gasteiger partial charge in [-0.1, -0.05) is 23.3 Å². The maximum absolute atomic E-state index is 13.0. The third-order valence-corrected chi connectivity index (χ3v) is 9.49. The number of rotatable bonds is 9. The number of halogens is 4. The number of benzene rings is 2. The summed E-state index contributed by atoms with van der Waals surface area (Å²) in [5.41, 5.74) is 6.39. The minimum absolute atomic E-state index is 0.106. The molecule has 2 aliphatic carbocycles. The zero-order valence-electron chi connectivity index (χ0n) is 26.3. The molecule has 47 heavy (non-hydrogen) atoms. The van der Waals surface area contributed by atoms with E-state index in [9.17, 15) is 22.8 Å². The molecule has 0 spiro atoms. The van der Waals surface area contributed by atoms with Crippen molar-refractivity contribution >= 4 is 45.8 Å². The minimum atomic E-state index is -4.78. The van der Waals surface area contributed by atoms with Gasteiger partial charge in [-0.05, 0) is 106 Å². The average Bonchev–Trinajstić information content (AvgIpc) is 3.00. The molecule has 2 heterocycles. The van der Waals surface area contributed by atoms with Gasteiger partial charge in [-0.15, -0.1) is 13.2 Å². The van der Waals surface area contributed by atoms with E-state index in [1.54, 1.807) is 0 Å². The van der Waals surface area contributed by atoms with Crippen molar-refractivity contribution in [3.8, 4) is 5.75 Å². The van der Waals surface area contributed by atoms with Gasteiger partial charge in [0.2, 0.25) is 5.91 Å². The van der Waals surface area contributed by atoms with Crippen molar-refractivity contribution in [2.75, 3.05) is 30.3 Å². The second-order valence-corrected chi connectivity index (χ2v) is 13.3. The smallest absolute Gasteiger partial charge is 0.406 e. The van der Waals surface area contributed by atoms with Gasteiger partial charge in [-0.3, -0.25) is 9.78 Å². The second-order valence-electron chi connectivity index (χ2n) is 12.8. The highest BCUT2D eigenvalue weighted by atomic mass is 35.5. The molecule has 3 N–H and O–H groups in total. The Hall–Kier alpha value is -3.99. The quantitative estimate of drug-likeness (QED) is 0.158. The molecule has 6 rings (SSSR count). The maximum Gasteiger partial charge on any atom is 0.573 e. The summed E-state index contributed by atoms with van der Waals surface area (Å²) in [4.78, 5) is 32.3. The van der Waals surface area contributed by atoms with Gasteiger partial charge in [0.1, 0.15) is 5.75 Å². The maximum atomic E-state index is 13.0. The van der Waals surface area contributed by atoms with E-state index >= 15 is 0 Å². The van der Waals surface area contributed by atoms with Crippen LogP contribution < -0.4 is 20.7 Å². The molecule has 2 bridgehead atoms. The molecule has 3 aliphatic rings. The van der Waals surface area contributed by atoms with Crippen LogP contribution in [0.25, 0.3) is 10.9 Å². The van der Waals surface area contributed by atoms with E-state index in [1.807, 2.05) is 17.0 Å². The van der Waals surface area contributed by atoms with Crippen LogP contribution in [0, 0.1) is 5.92 Å².